The fourth-order valence-corrected chi connectivity index (χ4v) is 11.3. The monoisotopic (exact) mass is 940 g/mol. The van der Waals surface area contributed by atoms with Crippen molar-refractivity contribution >= 4 is 17.3 Å². The van der Waals surface area contributed by atoms with Crippen LogP contribution in [-0.2, 0) is 47.4 Å². The van der Waals surface area contributed by atoms with Crippen molar-refractivity contribution in [3.8, 4) is 17.2 Å². The summed E-state index contributed by atoms with van der Waals surface area (Å²) in [6.45, 7) is 8.84. The Labute approximate surface area is 389 Å². The second kappa shape index (κ2) is 18.3. The van der Waals surface area contributed by atoms with E-state index in [1.54, 1.807) is 20.8 Å². The van der Waals surface area contributed by atoms with Crippen molar-refractivity contribution in [3.63, 3.8) is 0 Å². The van der Waals surface area contributed by atoms with Crippen LogP contribution in [0.4, 0.5) is 0 Å². The number of aliphatic hydroxyl groups is 2. The van der Waals surface area contributed by atoms with Crippen molar-refractivity contribution in [2.45, 2.75) is 183 Å². The van der Waals surface area contributed by atoms with Crippen molar-refractivity contribution in [3.05, 3.63) is 51.6 Å². The number of carbonyl (C=O) groups is 3. The normalized spacial score (nSPS) is 40.8. The molecule has 0 amide bonds. The predicted molar refractivity (Wildman–Crippen MR) is 232 cm³/mol. The number of fused-ring (bicyclic) bond motifs is 5. The average molecular weight is 941 g/mol. The maximum absolute atomic E-state index is 14.3. The van der Waals surface area contributed by atoms with Crippen LogP contribution in [0.15, 0.2) is 18.2 Å². The number of benzene rings is 2. The van der Waals surface area contributed by atoms with Gasteiger partial charge in [-0.3, -0.25) is 14.4 Å². The number of rotatable bonds is 9. The van der Waals surface area contributed by atoms with E-state index in [-0.39, 0.29) is 66.2 Å². The van der Waals surface area contributed by atoms with Gasteiger partial charge >= 0.3 is 0 Å². The standard InChI is InChI=1S/C48H64N2O17/c1-10-48(58)18-30(64-31-15-25(50(8)9)44(21(4)60-31)65-33-17-28-45(22(5)61-33)67-47-29(63-28)16-27(52)19(2)62-47)35-38(46(48)66-32-14-24(49(6)7)39(53)20(3)59-32)43(57)36-37(42(35)56)41(55)34-23(40(36)54)12-11-13-26(34)51/h11-13,19-22,24-25,28-33,39,44-47,51,53,56-58H,10,14-18H2,1-9H3/t19?,20?,21?,22?,24?,25?,28?,29?,30?,31?,32?,33?,39?,44?,45?,46?,47?,48-/m1/s1. The van der Waals surface area contributed by atoms with Gasteiger partial charge < -0.3 is 78.0 Å². The summed E-state index contributed by atoms with van der Waals surface area (Å²) in [6.07, 6.45) is -10.6. The zero-order valence-corrected chi connectivity index (χ0v) is 39.3. The molecule has 5 heterocycles. The molecule has 67 heavy (non-hydrogen) atoms. The third kappa shape index (κ3) is 8.40. The van der Waals surface area contributed by atoms with Crippen molar-refractivity contribution in [1.29, 1.82) is 0 Å². The summed E-state index contributed by atoms with van der Waals surface area (Å²) in [5.74, 6) is -3.62. The number of hydrogen-bond acceptors (Lipinski definition) is 19. The van der Waals surface area contributed by atoms with Crippen LogP contribution in [0.5, 0.6) is 17.2 Å². The van der Waals surface area contributed by atoms with Gasteiger partial charge in [-0.15, -0.1) is 0 Å². The lowest BCUT2D eigenvalue weighted by Gasteiger charge is -2.51. The predicted octanol–water partition coefficient (Wildman–Crippen LogP) is 3.11. The van der Waals surface area contributed by atoms with E-state index < -0.39 is 144 Å². The van der Waals surface area contributed by atoms with Crippen LogP contribution in [0.1, 0.15) is 128 Å². The molecule has 5 aliphatic heterocycles. The lowest BCUT2D eigenvalue weighted by Crippen LogP contribution is -2.62. The van der Waals surface area contributed by atoms with E-state index in [9.17, 15) is 39.9 Å². The molecule has 17 unspecified atom stereocenters. The van der Waals surface area contributed by atoms with Gasteiger partial charge in [-0.2, -0.15) is 0 Å². The van der Waals surface area contributed by atoms with E-state index in [0.29, 0.717) is 6.42 Å². The molecule has 19 heteroatoms. The van der Waals surface area contributed by atoms with Gasteiger partial charge in [-0.05, 0) is 68.4 Å². The first-order chi connectivity index (χ1) is 31.7. The number of likely N-dealkylation sites (N-methyl/N-ethyl adjacent to an activating group) is 2. The summed E-state index contributed by atoms with van der Waals surface area (Å²) < 4.78 is 57.6. The molecular formula is C48H64N2O17. The second-order valence-corrected chi connectivity index (χ2v) is 19.7. The molecule has 0 radical (unpaired) electrons. The molecule has 18 atom stereocenters. The van der Waals surface area contributed by atoms with Crippen LogP contribution in [0.2, 0.25) is 0 Å². The van der Waals surface area contributed by atoms with Gasteiger partial charge in [0.2, 0.25) is 5.78 Å². The number of aliphatic hydroxyl groups excluding tert-OH is 1. The van der Waals surface area contributed by atoms with Gasteiger partial charge in [-0.25, -0.2) is 0 Å². The first-order valence-corrected chi connectivity index (χ1v) is 23.4. The highest BCUT2D eigenvalue weighted by atomic mass is 16.8. The number of hydrogen-bond donors (Lipinski definition) is 5. The molecule has 5 N–H and O–H groups in total. The highest BCUT2D eigenvalue weighted by molar-refractivity contribution is 6.31. The fourth-order valence-electron chi connectivity index (χ4n) is 11.3. The van der Waals surface area contributed by atoms with E-state index in [2.05, 4.69) is 0 Å². The number of aromatic hydroxyl groups is 3. The lowest BCUT2D eigenvalue weighted by molar-refractivity contribution is -0.371. The van der Waals surface area contributed by atoms with E-state index >= 15 is 0 Å². The maximum Gasteiger partial charge on any atom is 0.202 e. The van der Waals surface area contributed by atoms with E-state index in [4.69, 9.17) is 42.6 Å². The Balaban J connectivity index is 1.02. The Morgan fingerprint density at radius 3 is 2.03 bits per heavy atom. The summed E-state index contributed by atoms with van der Waals surface area (Å²) in [5.41, 5.74) is -3.62. The van der Waals surface area contributed by atoms with Gasteiger partial charge in [0.15, 0.2) is 36.7 Å². The number of phenols is 3. The molecule has 0 bridgehead atoms. The summed E-state index contributed by atoms with van der Waals surface area (Å²) in [6, 6.07) is 3.25. The minimum absolute atomic E-state index is 0.0400. The van der Waals surface area contributed by atoms with Crippen LogP contribution in [-0.4, -0.2) is 179 Å². The van der Waals surface area contributed by atoms with Crippen LogP contribution in [0, 0.1) is 0 Å². The van der Waals surface area contributed by atoms with Crippen molar-refractivity contribution in [1.82, 2.24) is 9.80 Å². The number of ether oxygens (including phenoxy) is 9. The quantitative estimate of drug-likeness (QED) is 0.194. The largest absolute Gasteiger partial charge is 0.507 e. The molecule has 368 valence electrons. The highest BCUT2D eigenvalue weighted by Gasteiger charge is 2.56. The van der Waals surface area contributed by atoms with E-state index in [0.717, 1.165) is 0 Å². The third-order valence-corrected chi connectivity index (χ3v) is 15.0. The minimum Gasteiger partial charge on any atom is -0.507 e. The summed E-state index contributed by atoms with van der Waals surface area (Å²) in [5, 5.41) is 59.3. The number of carbonyl (C=O) groups excluding carboxylic acids is 3. The summed E-state index contributed by atoms with van der Waals surface area (Å²) in [7, 11) is 7.41. The van der Waals surface area contributed by atoms with Crippen LogP contribution in [0.3, 0.4) is 0 Å². The van der Waals surface area contributed by atoms with Crippen molar-refractivity contribution in [2.24, 2.45) is 0 Å². The van der Waals surface area contributed by atoms with Crippen LogP contribution in [0.25, 0.3) is 0 Å². The Hall–Kier alpha value is -3.67. The molecule has 5 saturated heterocycles. The molecular weight excluding hydrogens is 877 g/mol. The zero-order chi connectivity index (χ0) is 48.1. The first kappa shape index (κ1) is 48.4. The molecule has 5 fully saturated rings. The third-order valence-electron chi connectivity index (χ3n) is 15.0. The van der Waals surface area contributed by atoms with Gasteiger partial charge in [0.25, 0.3) is 0 Å². The number of Topliss-reactive ketones (excluding diaryl/α,β-unsaturated/α-hetero) is 1. The zero-order valence-electron chi connectivity index (χ0n) is 39.3. The molecule has 2 aliphatic carbocycles. The highest BCUT2D eigenvalue weighted by Crippen LogP contribution is 2.58. The van der Waals surface area contributed by atoms with Gasteiger partial charge in [0.1, 0.15) is 47.8 Å². The first-order valence-electron chi connectivity index (χ1n) is 23.4. The number of ketones is 3. The smallest absolute Gasteiger partial charge is 0.202 e. The molecule has 0 spiro atoms. The number of nitrogens with zero attached hydrogens (tertiary/aromatic N) is 2. The number of phenolic OH excluding ortho intramolecular Hbond substituents is 3. The second-order valence-electron chi connectivity index (χ2n) is 19.7. The maximum atomic E-state index is 14.3. The molecule has 9 rings (SSSR count). The SMILES string of the molecule is CC[C@@]1(O)CC(OC2CC(N(C)C)C(OC3CC4OC5CC(=O)C(C)OC5OC4C(C)O3)C(C)O2)c2c(O)c3c(c(O)c2C1OC1CC(N(C)C)C(O)C(C)O1)C(=O)c1cccc(O)c1C3=O. The van der Waals surface area contributed by atoms with E-state index in [1.165, 1.54) is 18.2 Å². The van der Waals surface area contributed by atoms with E-state index in [1.807, 2.05) is 51.8 Å². The fraction of sp³-hybridized carbons (Fsp3) is 0.688. The molecule has 2 aromatic rings. The van der Waals surface area contributed by atoms with Crippen LogP contribution >= 0.6 is 0 Å². The Kier molecular flexibility index (Phi) is 13.2. The van der Waals surface area contributed by atoms with Crippen LogP contribution < -0.4 is 0 Å². The van der Waals surface area contributed by atoms with Gasteiger partial charge in [0.05, 0.1) is 58.9 Å². The topological polar surface area (TPSA) is 242 Å². The summed E-state index contributed by atoms with van der Waals surface area (Å²) >= 11 is 0. The molecule has 7 aliphatic rings. The molecule has 19 nitrogen and oxygen atoms in total. The van der Waals surface area contributed by atoms with Crippen molar-refractivity contribution in [2.75, 3.05) is 28.2 Å². The Morgan fingerprint density at radius 2 is 1.33 bits per heavy atom. The minimum atomic E-state index is -1.83. The average Bonchev–Trinajstić information content (AvgIpc) is 3.26. The summed E-state index contributed by atoms with van der Waals surface area (Å²) in [4.78, 5) is 44.8. The molecule has 2 aromatic carbocycles. The van der Waals surface area contributed by atoms with Crippen molar-refractivity contribution < 1.29 is 82.5 Å². The lowest BCUT2D eigenvalue weighted by atomic mass is 9.70. The Morgan fingerprint density at radius 1 is 0.701 bits per heavy atom. The van der Waals surface area contributed by atoms with Gasteiger partial charge in [0, 0.05) is 60.9 Å². The molecule has 0 saturated carbocycles. The molecule has 0 aromatic heterocycles. The Bertz CT molecular complexity index is 2260. The van der Waals surface area contributed by atoms with Gasteiger partial charge in [-0.1, -0.05) is 19.1 Å².